The summed E-state index contributed by atoms with van der Waals surface area (Å²) in [5.41, 5.74) is 5.80. The molecule has 1 aromatic rings. The van der Waals surface area contributed by atoms with Crippen molar-refractivity contribution in [3.05, 3.63) is 29.8 Å². The Labute approximate surface area is 163 Å². The molecule has 0 aliphatic heterocycles. The van der Waals surface area contributed by atoms with Crippen LogP contribution in [0.25, 0.3) is 0 Å². The number of benzene rings is 1. The highest BCUT2D eigenvalue weighted by Gasteiger charge is 2.29. The molecule has 148 valence electrons. The summed E-state index contributed by atoms with van der Waals surface area (Å²) >= 11 is 0. The fraction of sp³-hybridized carbons (Fsp3) is 0.611. The maximum absolute atomic E-state index is 12.9. The van der Waals surface area contributed by atoms with Gasteiger partial charge in [0.15, 0.2) is 0 Å². The van der Waals surface area contributed by atoms with Gasteiger partial charge in [-0.2, -0.15) is 4.31 Å². The van der Waals surface area contributed by atoms with E-state index in [1.165, 1.54) is 16.8 Å². The monoisotopic (exact) mass is 403 g/mol. The summed E-state index contributed by atoms with van der Waals surface area (Å²) in [6.45, 7) is 1.13. The molecule has 1 saturated carbocycles. The molecular weight excluding hydrogens is 374 g/mol. The lowest BCUT2D eigenvalue weighted by molar-refractivity contribution is 0.0953. The van der Waals surface area contributed by atoms with Gasteiger partial charge in [-0.25, -0.2) is 8.42 Å². The Bertz CT molecular complexity index is 676. The van der Waals surface area contributed by atoms with E-state index in [2.05, 4.69) is 5.32 Å². The topological polar surface area (TPSA) is 92.5 Å². The first kappa shape index (κ1) is 22.9. The molecule has 26 heavy (non-hydrogen) atoms. The minimum Gasteiger partial charge on any atom is -0.352 e. The highest BCUT2D eigenvalue weighted by atomic mass is 35.5. The van der Waals surface area contributed by atoms with Crippen molar-refractivity contribution in [2.24, 2.45) is 5.73 Å². The Morgan fingerprint density at radius 3 is 2.58 bits per heavy atom. The van der Waals surface area contributed by atoms with E-state index in [0.29, 0.717) is 18.7 Å². The standard InChI is InChI=1S/C18H29N3O3S.ClH/c1-21(16-9-3-2-4-10-16)25(23,24)17-11-7-8-15(14-17)18(22)20-13-6-5-12-19;/h7-8,11,14,16H,2-6,9-10,12-13,19H2,1H3,(H,20,22);1H. The first-order valence-corrected chi connectivity index (χ1v) is 10.5. The molecule has 0 bridgehead atoms. The van der Waals surface area contributed by atoms with Crippen molar-refractivity contribution in [1.29, 1.82) is 0 Å². The van der Waals surface area contributed by atoms with Crippen LogP contribution in [0.1, 0.15) is 55.3 Å². The minimum atomic E-state index is -3.59. The molecule has 0 radical (unpaired) electrons. The predicted molar refractivity (Wildman–Crippen MR) is 106 cm³/mol. The summed E-state index contributed by atoms with van der Waals surface area (Å²) in [5.74, 6) is -0.255. The molecule has 1 amide bonds. The van der Waals surface area contributed by atoms with Crippen LogP contribution in [-0.2, 0) is 10.0 Å². The van der Waals surface area contributed by atoms with Crippen LogP contribution in [0.3, 0.4) is 0 Å². The lowest BCUT2D eigenvalue weighted by atomic mass is 9.96. The summed E-state index contributed by atoms with van der Waals surface area (Å²) in [6.07, 6.45) is 6.76. The van der Waals surface area contributed by atoms with E-state index < -0.39 is 10.0 Å². The third kappa shape index (κ3) is 5.94. The Balaban J connectivity index is 0.00000338. The first-order chi connectivity index (χ1) is 12.0. The molecule has 2 rings (SSSR count). The Morgan fingerprint density at radius 2 is 1.92 bits per heavy atom. The van der Waals surface area contributed by atoms with E-state index >= 15 is 0 Å². The number of hydrogen-bond donors (Lipinski definition) is 2. The third-order valence-corrected chi connectivity index (χ3v) is 6.68. The molecule has 8 heteroatoms. The lowest BCUT2D eigenvalue weighted by Gasteiger charge is -2.30. The van der Waals surface area contributed by atoms with Crippen molar-refractivity contribution >= 4 is 28.3 Å². The van der Waals surface area contributed by atoms with Crippen molar-refractivity contribution in [2.45, 2.75) is 55.9 Å². The van der Waals surface area contributed by atoms with Crippen molar-refractivity contribution in [3.63, 3.8) is 0 Å². The van der Waals surface area contributed by atoms with Gasteiger partial charge in [0.25, 0.3) is 5.91 Å². The summed E-state index contributed by atoms with van der Waals surface area (Å²) < 4.78 is 27.2. The van der Waals surface area contributed by atoms with Gasteiger partial charge in [-0.3, -0.25) is 4.79 Å². The second kappa shape index (κ2) is 10.9. The normalized spacial score (nSPS) is 15.5. The zero-order valence-corrected chi connectivity index (χ0v) is 16.9. The van der Waals surface area contributed by atoms with Gasteiger partial charge in [0.2, 0.25) is 10.0 Å². The predicted octanol–water partition coefficient (Wildman–Crippen LogP) is 2.53. The van der Waals surface area contributed by atoms with E-state index in [1.807, 2.05) is 0 Å². The number of amides is 1. The number of halogens is 1. The van der Waals surface area contributed by atoms with Crippen LogP contribution >= 0.6 is 12.4 Å². The fourth-order valence-corrected chi connectivity index (χ4v) is 4.64. The van der Waals surface area contributed by atoms with Gasteiger partial charge in [-0.15, -0.1) is 12.4 Å². The van der Waals surface area contributed by atoms with Gasteiger partial charge < -0.3 is 11.1 Å². The number of carbonyl (C=O) groups is 1. The number of sulfonamides is 1. The SMILES string of the molecule is CN(C1CCCCC1)S(=O)(=O)c1cccc(C(=O)NCCCCN)c1.Cl. The van der Waals surface area contributed by atoms with Crippen LogP contribution in [0.15, 0.2) is 29.2 Å². The number of unbranched alkanes of at least 4 members (excludes halogenated alkanes) is 1. The van der Waals surface area contributed by atoms with E-state index in [9.17, 15) is 13.2 Å². The molecule has 0 aromatic heterocycles. The van der Waals surface area contributed by atoms with Crippen LogP contribution in [-0.4, -0.2) is 44.8 Å². The van der Waals surface area contributed by atoms with Gasteiger partial charge in [0.1, 0.15) is 0 Å². The maximum Gasteiger partial charge on any atom is 0.251 e. The molecule has 1 aliphatic carbocycles. The van der Waals surface area contributed by atoms with Gasteiger partial charge in [0.05, 0.1) is 4.90 Å². The maximum atomic E-state index is 12.9. The minimum absolute atomic E-state index is 0. The molecule has 0 heterocycles. The fourth-order valence-electron chi connectivity index (χ4n) is 3.18. The lowest BCUT2D eigenvalue weighted by Crippen LogP contribution is -2.38. The highest BCUT2D eigenvalue weighted by Crippen LogP contribution is 2.26. The highest BCUT2D eigenvalue weighted by molar-refractivity contribution is 7.89. The summed E-state index contributed by atoms with van der Waals surface area (Å²) in [5, 5.41) is 2.80. The summed E-state index contributed by atoms with van der Waals surface area (Å²) in [7, 11) is -1.94. The number of carbonyl (C=O) groups excluding carboxylic acids is 1. The molecule has 1 fully saturated rings. The quantitative estimate of drug-likeness (QED) is 0.652. The largest absolute Gasteiger partial charge is 0.352 e. The molecule has 0 unspecified atom stereocenters. The molecule has 1 aromatic carbocycles. The molecule has 1 aliphatic rings. The number of rotatable bonds is 8. The van der Waals surface area contributed by atoms with Crippen molar-refractivity contribution < 1.29 is 13.2 Å². The zero-order valence-electron chi connectivity index (χ0n) is 15.3. The van der Waals surface area contributed by atoms with E-state index in [-0.39, 0.29) is 29.3 Å². The van der Waals surface area contributed by atoms with Crippen LogP contribution in [0.2, 0.25) is 0 Å². The molecular formula is C18H30ClN3O3S. The summed E-state index contributed by atoms with van der Waals surface area (Å²) in [6, 6.07) is 6.33. The molecule has 0 spiro atoms. The smallest absolute Gasteiger partial charge is 0.251 e. The zero-order chi connectivity index (χ0) is 18.3. The van der Waals surface area contributed by atoms with Gasteiger partial charge in [-0.1, -0.05) is 25.3 Å². The van der Waals surface area contributed by atoms with Crippen molar-refractivity contribution in [3.8, 4) is 0 Å². The Hall–Kier alpha value is -1.15. The Morgan fingerprint density at radius 1 is 1.23 bits per heavy atom. The van der Waals surface area contributed by atoms with Crippen LogP contribution in [0, 0.1) is 0 Å². The van der Waals surface area contributed by atoms with Crippen molar-refractivity contribution in [1.82, 2.24) is 9.62 Å². The number of nitrogens with one attached hydrogen (secondary N) is 1. The van der Waals surface area contributed by atoms with Crippen LogP contribution in [0.5, 0.6) is 0 Å². The number of nitrogens with two attached hydrogens (primary N) is 1. The second-order valence-corrected chi connectivity index (χ2v) is 8.59. The molecule has 0 atom stereocenters. The van der Waals surface area contributed by atoms with E-state index in [1.54, 1.807) is 25.2 Å². The van der Waals surface area contributed by atoms with Crippen LogP contribution in [0.4, 0.5) is 0 Å². The molecule has 3 N–H and O–H groups in total. The average Bonchev–Trinajstić information content (AvgIpc) is 2.65. The second-order valence-electron chi connectivity index (χ2n) is 6.59. The van der Waals surface area contributed by atoms with Gasteiger partial charge >= 0.3 is 0 Å². The van der Waals surface area contributed by atoms with Crippen LogP contribution < -0.4 is 11.1 Å². The summed E-state index contributed by atoms with van der Waals surface area (Å²) in [4.78, 5) is 12.4. The molecule has 0 saturated heterocycles. The van der Waals surface area contributed by atoms with E-state index in [4.69, 9.17) is 5.73 Å². The van der Waals surface area contributed by atoms with Crippen molar-refractivity contribution in [2.75, 3.05) is 20.1 Å². The number of hydrogen-bond acceptors (Lipinski definition) is 4. The average molecular weight is 404 g/mol. The third-order valence-electron chi connectivity index (χ3n) is 4.78. The first-order valence-electron chi connectivity index (χ1n) is 9.03. The van der Waals surface area contributed by atoms with Gasteiger partial charge in [-0.05, 0) is 50.4 Å². The van der Waals surface area contributed by atoms with Gasteiger partial charge in [0, 0.05) is 25.2 Å². The molecule has 6 nitrogen and oxygen atoms in total. The Kier molecular flexibility index (Phi) is 9.57. The van der Waals surface area contributed by atoms with E-state index in [0.717, 1.165) is 38.5 Å². The number of nitrogens with zero attached hydrogens (tertiary/aromatic N) is 1.